The lowest BCUT2D eigenvalue weighted by molar-refractivity contribution is -0.144. The van der Waals surface area contributed by atoms with E-state index < -0.39 is 45.5 Å². The highest BCUT2D eigenvalue weighted by atomic mass is 32.2. The van der Waals surface area contributed by atoms with Crippen LogP contribution in [-0.4, -0.2) is 85.7 Å². The molecule has 2 aromatic carbocycles. The average molecular weight is 827 g/mol. The number of rotatable bonds is 22. The van der Waals surface area contributed by atoms with Gasteiger partial charge in [0.15, 0.2) is 0 Å². The average Bonchev–Trinajstić information content (AvgIpc) is 3.78. The second-order valence-electron chi connectivity index (χ2n) is 16.2. The van der Waals surface area contributed by atoms with E-state index in [-0.39, 0.29) is 43.0 Å². The molecule has 0 bridgehead atoms. The van der Waals surface area contributed by atoms with Gasteiger partial charge in [0.05, 0.1) is 39.7 Å². The molecule has 1 saturated heterocycles. The number of carbonyl (C=O) groups is 3. The number of nitrogens with zero attached hydrogens (tertiary/aromatic N) is 2. The first-order valence-corrected chi connectivity index (χ1v) is 22.5. The zero-order chi connectivity index (χ0) is 41.6. The Hall–Kier alpha value is -3.69. The Labute approximate surface area is 343 Å². The normalized spacial score (nSPS) is 17.0. The van der Waals surface area contributed by atoms with Crippen molar-refractivity contribution in [1.82, 2.24) is 20.5 Å². The largest absolute Gasteiger partial charge is 0.391 e. The van der Waals surface area contributed by atoms with Gasteiger partial charge in [0.25, 0.3) is 10.1 Å². The van der Waals surface area contributed by atoms with Crippen molar-refractivity contribution in [2.45, 2.75) is 135 Å². The van der Waals surface area contributed by atoms with Gasteiger partial charge in [0.1, 0.15) is 18.7 Å². The van der Waals surface area contributed by atoms with Crippen LogP contribution in [0.4, 0.5) is 0 Å². The summed E-state index contributed by atoms with van der Waals surface area (Å²) in [7, 11) is -3.71. The summed E-state index contributed by atoms with van der Waals surface area (Å²) in [4.78, 5) is 47.5. The molecule has 0 aliphatic carbocycles. The van der Waals surface area contributed by atoms with Gasteiger partial charge >= 0.3 is 0 Å². The first-order chi connectivity index (χ1) is 27.1. The van der Waals surface area contributed by atoms with E-state index in [1.165, 1.54) is 4.90 Å². The van der Waals surface area contributed by atoms with E-state index >= 15 is 0 Å². The van der Waals surface area contributed by atoms with Crippen LogP contribution in [0.3, 0.4) is 0 Å². The number of aliphatic hydroxyl groups excluding tert-OH is 1. The predicted octanol–water partition coefficient (Wildman–Crippen LogP) is 7.03. The van der Waals surface area contributed by atoms with Crippen molar-refractivity contribution >= 4 is 39.2 Å². The number of hydrogen-bond donors (Lipinski definition) is 3. The van der Waals surface area contributed by atoms with Crippen molar-refractivity contribution in [3.05, 3.63) is 70.9 Å². The fraction of sp³-hybridized carbons (Fsp3) is 0.581. The number of nitrogens with one attached hydrogen (secondary N) is 2. The fourth-order valence-corrected chi connectivity index (χ4v) is 8.62. The number of unbranched alkanes of at least 4 members (excludes halogenated alkanes) is 8. The summed E-state index contributed by atoms with van der Waals surface area (Å²) in [5.74, 6) is -1.18. The van der Waals surface area contributed by atoms with Gasteiger partial charge in [-0.1, -0.05) is 108 Å². The Kier molecular flexibility index (Phi) is 17.7. The highest BCUT2D eigenvalue weighted by Gasteiger charge is 2.44. The SMILES string of the molecule is Cc1ccc(S(=O)(=O)OCCCCCCCCCCCOCC(=O)NC(C(=O)N2C[C@H](O)C[C@H]2C(=O)NC(C)c2ccc(-c3scnc3C)cc2)C(C)(C)C)cc1. The van der Waals surface area contributed by atoms with Crippen molar-refractivity contribution in [1.29, 1.82) is 0 Å². The molecule has 14 heteroatoms. The zero-order valence-electron chi connectivity index (χ0n) is 34.4. The molecule has 0 saturated carbocycles. The molecule has 314 valence electrons. The molecule has 12 nitrogen and oxygen atoms in total. The first-order valence-electron chi connectivity index (χ1n) is 20.2. The number of thiazole rings is 1. The Morgan fingerprint density at radius 3 is 2.07 bits per heavy atom. The lowest BCUT2D eigenvalue weighted by Crippen LogP contribution is -2.58. The number of aromatic nitrogens is 1. The molecule has 1 aliphatic heterocycles. The Balaban J connectivity index is 1.11. The molecular weight excluding hydrogens is 765 g/mol. The van der Waals surface area contributed by atoms with Crippen molar-refractivity contribution in [2.24, 2.45) is 5.41 Å². The summed E-state index contributed by atoms with van der Waals surface area (Å²) >= 11 is 1.58. The summed E-state index contributed by atoms with van der Waals surface area (Å²) in [6.45, 7) is 11.8. The summed E-state index contributed by atoms with van der Waals surface area (Å²) in [6, 6.07) is 12.5. The monoisotopic (exact) mass is 826 g/mol. The highest BCUT2D eigenvalue weighted by Crippen LogP contribution is 2.30. The second kappa shape index (κ2) is 21.9. The van der Waals surface area contributed by atoms with Crippen LogP contribution in [0.2, 0.25) is 0 Å². The molecule has 57 heavy (non-hydrogen) atoms. The number of β-amino-alcohol motifs (C(OH)–C–C–N with tert-alkyl or cyclic N) is 1. The van der Waals surface area contributed by atoms with E-state index in [1.54, 1.807) is 35.6 Å². The maximum atomic E-state index is 14.0. The minimum absolute atomic E-state index is 0.00349. The van der Waals surface area contributed by atoms with Crippen molar-refractivity contribution in [3.63, 3.8) is 0 Å². The molecule has 2 unspecified atom stereocenters. The van der Waals surface area contributed by atoms with Gasteiger partial charge in [0, 0.05) is 19.6 Å². The van der Waals surface area contributed by atoms with E-state index in [4.69, 9.17) is 8.92 Å². The zero-order valence-corrected chi connectivity index (χ0v) is 36.1. The molecule has 1 aromatic heterocycles. The minimum atomic E-state index is -3.71. The van der Waals surface area contributed by atoms with Crippen LogP contribution in [0.1, 0.15) is 115 Å². The lowest BCUT2D eigenvalue weighted by atomic mass is 9.85. The number of likely N-dealkylation sites (tertiary alicyclic amines) is 1. The van der Waals surface area contributed by atoms with Crippen LogP contribution in [-0.2, 0) is 33.4 Å². The quantitative estimate of drug-likeness (QED) is 0.0713. The van der Waals surface area contributed by atoms with E-state index in [0.29, 0.717) is 13.0 Å². The van der Waals surface area contributed by atoms with Crippen LogP contribution >= 0.6 is 11.3 Å². The third-order valence-electron chi connectivity index (χ3n) is 10.3. The number of ether oxygens (including phenoxy) is 1. The van der Waals surface area contributed by atoms with Crippen molar-refractivity contribution in [2.75, 3.05) is 26.4 Å². The van der Waals surface area contributed by atoms with E-state index in [9.17, 15) is 27.9 Å². The number of benzene rings is 2. The molecule has 0 radical (unpaired) electrons. The first kappa shape index (κ1) is 46.0. The summed E-state index contributed by atoms with van der Waals surface area (Å²) in [5.41, 5.74) is 5.08. The molecule has 1 aliphatic rings. The Bertz CT molecular complexity index is 1840. The van der Waals surface area contributed by atoms with E-state index in [0.717, 1.165) is 78.6 Å². The molecule has 4 rings (SSSR count). The topological polar surface area (TPSA) is 164 Å². The third kappa shape index (κ3) is 14.3. The van der Waals surface area contributed by atoms with Crippen molar-refractivity contribution < 1.29 is 36.8 Å². The van der Waals surface area contributed by atoms with Gasteiger partial charge < -0.3 is 25.4 Å². The van der Waals surface area contributed by atoms with Gasteiger partial charge in [-0.05, 0) is 62.3 Å². The number of aliphatic hydroxyl groups is 1. The fourth-order valence-electron chi connectivity index (χ4n) is 6.87. The van der Waals surface area contributed by atoms with Crippen LogP contribution in [0, 0.1) is 19.3 Å². The number of hydrogen-bond acceptors (Lipinski definition) is 10. The van der Waals surface area contributed by atoms with Gasteiger partial charge in [-0.15, -0.1) is 11.3 Å². The molecule has 3 amide bonds. The molecular formula is C43H62N4O8S2. The Morgan fingerprint density at radius 1 is 0.895 bits per heavy atom. The van der Waals surface area contributed by atoms with E-state index in [2.05, 4.69) is 15.6 Å². The molecule has 4 atom stereocenters. The van der Waals surface area contributed by atoms with Gasteiger partial charge in [-0.25, -0.2) is 4.98 Å². The standard InChI is InChI=1S/C43H62N4O8S2/c1-30-16-22-36(23-17-30)57(52,53)55-25-15-13-11-9-7-8-10-12-14-24-54-28-38(49)46-40(43(4,5)6)42(51)47-27-35(48)26-37(47)41(50)45-31(2)33-18-20-34(21-19-33)39-32(3)44-29-56-39/h16-23,29,31,35,37,40,48H,7-15,24-28H2,1-6H3,(H,45,50)(H,46,49)/t31?,35-,37+,40?/m1/s1. The lowest BCUT2D eigenvalue weighted by Gasteiger charge is -2.35. The number of aryl methyl sites for hydroxylation is 2. The van der Waals surface area contributed by atoms with Crippen LogP contribution in [0.5, 0.6) is 0 Å². The predicted molar refractivity (Wildman–Crippen MR) is 223 cm³/mol. The molecule has 3 aromatic rings. The van der Waals surface area contributed by atoms with Crippen LogP contribution in [0.15, 0.2) is 58.9 Å². The van der Waals surface area contributed by atoms with Crippen LogP contribution < -0.4 is 10.6 Å². The number of amides is 3. The van der Waals surface area contributed by atoms with E-state index in [1.807, 2.05) is 71.3 Å². The Morgan fingerprint density at radius 2 is 1.49 bits per heavy atom. The molecule has 3 N–H and O–H groups in total. The summed E-state index contributed by atoms with van der Waals surface area (Å²) in [6.07, 6.45) is 8.04. The van der Waals surface area contributed by atoms with Gasteiger partial charge in [-0.3, -0.25) is 18.6 Å². The third-order valence-corrected chi connectivity index (χ3v) is 12.6. The van der Waals surface area contributed by atoms with Gasteiger partial charge in [0.2, 0.25) is 17.7 Å². The van der Waals surface area contributed by atoms with Gasteiger partial charge in [-0.2, -0.15) is 8.42 Å². The number of carbonyl (C=O) groups excluding carboxylic acids is 3. The maximum Gasteiger partial charge on any atom is 0.296 e. The molecule has 0 spiro atoms. The summed E-state index contributed by atoms with van der Waals surface area (Å²) in [5, 5.41) is 16.4. The smallest absolute Gasteiger partial charge is 0.296 e. The van der Waals surface area contributed by atoms with Crippen molar-refractivity contribution in [3.8, 4) is 10.4 Å². The summed E-state index contributed by atoms with van der Waals surface area (Å²) < 4.78 is 35.4. The maximum absolute atomic E-state index is 14.0. The second-order valence-corrected chi connectivity index (χ2v) is 18.7. The highest BCUT2D eigenvalue weighted by molar-refractivity contribution is 7.86. The molecule has 1 fully saturated rings. The van der Waals surface area contributed by atoms with Crippen LogP contribution in [0.25, 0.3) is 10.4 Å². The minimum Gasteiger partial charge on any atom is -0.391 e. The molecule has 2 heterocycles.